The van der Waals surface area contributed by atoms with Crippen LogP contribution in [0.2, 0.25) is 0 Å². The molecule has 0 saturated heterocycles. The molecular formula is C10H18BrNO. The topological polar surface area (TPSA) is 20.3 Å². The van der Waals surface area contributed by atoms with Gasteiger partial charge in [-0.15, -0.1) is 0 Å². The molecule has 1 saturated carbocycles. The van der Waals surface area contributed by atoms with Gasteiger partial charge in [-0.05, 0) is 26.7 Å². The van der Waals surface area contributed by atoms with E-state index in [1.54, 1.807) is 0 Å². The Labute approximate surface area is 88.8 Å². The summed E-state index contributed by atoms with van der Waals surface area (Å²) in [5, 5.41) is 0.828. The van der Waals surface area contributed by atoms with E-state index in [9.17, 15) is 4.79 Å². The first-order valence-corrected chi connectivity index (χ1v) is 5.95. The highest BCUT2D eigenvalue weighted by Gasteiger charge is 2.33. The number of rotatable bonds is 3. The zero-order chi connectivity index (χ0) is 10.1. The molecule has 76 valence electrons. The minimum Gasteiger partial charge on any atom is -0.340 e. The molecule has 0 bridgehead atoms. The first-order valence-electron chi connectivity index (χ1n) is 4.82. The summed E-state index contributed by atoms with van der Waals surface area (Å²) >= 11 is 3.43. The number of hydrogen-bond acceptors (Lipinski definition) is 1. The van der Waals surface area contributed by atoms with Crippen LogP contribution in [0.3, 0.4) is 0 Å². The van der Waals surface area contributed by atoms with Crippen LogP contribution in [-0.4, -0.2) is 28.7 Å². The Morgan fingerprint density at radius 1 is 1.54 bits per heavy atom. The van der Waals surface area contributed by atoms with E-state index in [-0.39, 0.29) is 5.54 Å². The number of alkyl halides is 1. The van der Waals surface area contributed by atoms with Gasteiger partial charge in [-0.3, -0.25) is 4.79 Å². The zero-order valence-corrected chi connectivity index (χ0v) is 10.2. The Morgan fingerprint density at radius 3 is 2.38 bits per heavy atom. The summed E-state index contributed by atoms with van der Waals surface area (Å²) in [6.07, 6.45) is 3.39. The molecule has 0 heterocycles. The second-order valence-electron chi connectivity index (χ2n) is 4.47. The van der Waals surface area contributed by atoms with Gasteiger partial charge in [-0.2, -0.15) is 0 Å². The molecule has 0 spiro atoms. The Morgan fingerprint density at radius 2 is 2.08 bits per heavy atom. The van der Waals surface area contributed by atoms with Crippen LogP contribution in [0.4, 0.5) is 0 Å². The molecule has 1 amide bonds. The summed E-state index contributed by atoms with van der Waals surface area (Å²) in [7, 11) is 1.90. The maximum Gasteiger partial charge on any atom is 0.225 e. The fourth-order valence-corrected chi connectivity index (χ4v) is 1.69. The van der Waals surface area contributed by atoms with Gasteiger partial charge in [0.25, 0.3) is 0 Å². The monoisotopic (exact) mass is 247 g/mol. The third-order valence-corrected chi connectivity index (χ3v) is 4.39. The number of carbonyl (C=O) groups is 1. The van der Waals surface area contributed by atoms with Crippen molar-refractivity contribution in [2.45, 2.75) is 38.6 Å². The number of carbonyl (C=O) groups excluding carboxylic acids is 1. The second-order valence-corrected chi connectivity index (χ2v) is 5.03. The van der Waals surface area contributed by atoms with Crippen molar-refractivity contribution in [3.63, 3.8) is 0 Å². The van der Waals surface area contributed by atoms with Crippen molar-refractivity contribution < 1.29 is 4.79 Å². The number of halogens is 1. The van der Waals surface area contributed by atoms with Crippen molar-refractivity contribution in [2.24, 2.45) is 5.92 Å². The van der Waals surface area contributed by atoms with Gasteiger partial charge >= 0.3 is 0 Å². The van der Waals surface area contributed by atoms with E-state index >= 15 is 0 Å². The minimum atomic E-state index is -0.0628. The summed E-state index contributed by atoms with van der Waals surface area (Å²) in [5.41, 5.74) is -0.0628. The molecule has 0 radical (unpaired) electrons. The first-order chi connectivity index (χ1) is 5.99. The molecule has 0 unspecified atom stereocenters. The van der Waals surface area contributed by atoms with Crippen molar-refractivity contribution in [3.05, 3.63) is 0 Å². The SMILES string of the molecule is CN(C(=O)C1CCC1)C(C)(C)CBr. The Balaban J connectivity index is 2.55. The van der Waals surface area contributed by atoms with E-state index in [1.807, 2.05) is 11.9 Å². The van der Waals surface area contributed by atoms with E-state index in [0.29, 0.717) is 11.8 Å². The molecule has 0 atom stereocenters. The highest BCUT2D eigenvalue weighted by molar-refractivity contribution is 9.09. The molecular weight excluding hydrogens is 230 g/mol. The van der Waals surface area contributed by atoms with E-state index < -0.39 is 0 Å². The van der Waals surface area contributed by atoms with E-state index in [0.717, 1.165) is 18.2 Å². The average Bonchev–Trinajstić information content (AvgIpc) is 1.99. The van der Waals surface area contributed by atoms with E-state index in [2.05, 4.69) is 29.8 Å². The predicted molar refractivity (Wildman–Crippen MR) is 58.0 cm³/mol. The van der Waals surface area contributed by atoms with Crippen LogP contribution in [-0.2, 0) is 4.79 Å². The lowest BCUT2D eigenvalue weighted by molar-refractivity contribution is -0.140. The van der Waals surface area contributed by atoms with Crippen LogP contribution in [0, 0.1) is 5.92 Å². The number of amides is 1. The smallest absolute Gasteiger partial charge is 0.225 e. The van der Waals surface area contributed by atoms with Crippen LogP contribution in [0.15, 0.2) is 0 Å². The Bertz CT molecular complexity index is 199. The fraction of sp³-hybridized carbons (Fsp3) is 0.900. The highest BCUT2D eigenvalue weighted by atomic mass is 79.9. The highest BCUT2D eigenvalue weighted by Crippen LogP contribution is 2.30. The van der Waals surface area contributed by atoms with Gasteiger partial charge < -0.3 is 4.90 Å². The summed E-state index contributed by atoms with van der Waals surface area (Å²) < 4.78 is 0. The van der Waals surface area contributed by atoms with Gasteiger partial charge in [0.2, 0.25) is 5.91 Å². The molecule has 1 rings (SSSR count). The molecule has 1 aliphatic carbocycles. The molecule has 0 aromatic rings. The molecule has 0 aromatic carbocycles. The molecule has 13 heavy (non-hydrogen) atoms. The Hall–Kier alpha value is -0.0500. The molecule has 0 aliphatic heterocycles. The van der Waals surface area contributed by atoms with Crippen molar-refractivity contribution in [2.75, 3.05) is 12.4 Å². The van der Waals surface area contributed by atoms with Crippen molar-refractivity contribution in [1.82, 2.24) is 4.90 Å². The molecule has 0 aromatic heterocycles. The van der Waals surface area contributed by atoms with Crippen LogP contribution in [0.25, 0.3) is 0 Å². The molecule has 1 aliphatic rings. The lowest BCUT2D eigenvalue weighted by atomic mass is 9.83. The maximum absolute atomic E-state index is 11.8. The van der Waals surface area contributed by atoms with Crippen molar-refractivity contribution >= 4 is 21.8 Å². The van der Waals surface area contributed by atoms with Gasteiger partial charge in [0.05, 0.1) is 0 Å². The van der Waals surface area contributed by atoms with Crippen LogP contribution in [0.1, 0.15) is 33.1 Å². The lowest BCUT2D eigenvalue weighted by Gasteiger charge is -2.38. The maximum atomic E-state index is 11.8. The van der Waals surface area contributed by atoms with E-state index in [4.69, 9.17) is 0 Å². The average molecular weight is 248 g/mol. The largest absolute Gasteiger partial charge is 0.340 e. The third-order valence-electron chi connectivity index (χ3n) is 3.02. The Kier molecular flexibility index (Phi) is 3.38. The summed E-state index contributed by atoms with van der Waals surface area (Å²) in [6.45, 7) is 4.16. The zero-order valence-electron chi connectivity index (χ0n) is 8.64. The second kappa shape index (κ2) is 3.99. The van der Waals surface area contributed by atoms with E-state index in [1.165, 1.54) is 6.42 Å². The molecule has 0 N–H and O–H groups in total. The standard InChI is InChI=1S/C10H18BrNO/c1-10(2,7-11)12(3)9(13)8-5-4-6-8/h8H,4-7H2,1-3H3. The van der Waals surface area contributed by atoms with Crippen LogP contribution in [0.5, 0.6) is 0 Å². The predicted octanol–water partition coefficient (Wildman–Crippen LogP) is 2.42. The lowest BCUT2D eigenvalue weighted by Crippen LogP contribution is -2.49. The van der Waals surface area contributed by atoms with Crippen LogP contribution >= 0.6 is 15.9 Å². The van der Waals surface area contributed by atoms with Gasteiger partial charge in [-0.25, -0.2) is 0 Å². The van der Waals surface area contributed by atoms with Gasteiger partial charge in [0, 0.05) is 23.8 Å². The quantitative estimate of drug-likeness (QED) is 0.702. The van der Waals surface area contributed by atoms with Crippen molar-refractivity contribution in [1.29, 1.82) is 0 Å². The van der Waals surface area contributed by atoms with Gasteiger partial charge in [0.15, 0.2) is 0 Å². The normalized spacial score (nSPS) is 18.2. The molecule has 3 heteroatoms. The molecule has 2 nitrogen and oxygen atoms in total. The minimum absolute atomic E-state index is 0.0628. The van der Waals surface area contributed by atoms with Crippen molar-refractivity contribution in [3.8, 4) is 0 Å². The summed E-state index contributed by atoms with van der Waals surface area (Å²) in [5.74, 6) is 0.624. The first kappa shape index (κ1) is 11.0. The number of nitrogens with zero attached hydrogens (tertiary/aromatic N) is 1. The fourth-order valence-electron chi connectivity index (χ4n) is 1.32. The number of hydrogen-bond donors (Lipinski definition) is 0. The van der Waals surface area contributed by atoms with Crippen LogP contribution < -0.4 is 0 Å². The van der Waals surface area contributed by atoms with Gasteiger partial charge in [0.1, 0.15) is 0 Å². The third kappa shape index (κ3) is 2.25. The molecule has 1 fully saturated rings. The summed E-state index contributed by atoms with van der Waals surface area (Å²) in [4.78, 5) is 13.7. The van der Waals surface area contributed by atoms with Gasteiger partial charge in [-0.1, -0.05) is 22.4 Å². The summed E-state index contributed by atoms with van der Waals surface area (Å²) in [6, 6.07) is 0.